The number of nitrogens with zero attached hydrogens (tertiary/aromatic N) is 1. The van der Waals surface area contributed by atoms with Crippen LogP contribution in [0, 0.1) is 6.92 Å². The molecular formula is C23H16ClNO5S. The lowest BCUT2D eigenvalue weighted by Crippen LogP contribution is -2.10. The molecule has 4 rings (SSSR count). The van der Waals surface area contributed by atoms with Crippen molar-refractivity contribution in [1.29, 1.82) is 0 Å². The molecule has 0 aliphatic carbocycles. The molecule has 3 aromatic carbocycles. The molecule has 0 bridgehead atoms. The smallest absolute Gasteiger partial charge is 0.363 e. The third-order valence-corrected chi connectivity index (χ3v) is 5.93. The summed E-state index contributed by atoms with van der Waals surface area (Å²) in [7, 11) is -4.05. The van der Waals surface area contributed by atoms with Crippen molar-refractivity contribution in [3.8, 4) is 5.75 Å². The summed E-state index contributed by atoms with van der Waals surface area (Å²) in [5.41, 5.74) is 1.91. The normalized spacial score (nSPS) is 15.0. The topological polar surface area (TPSA) is 82.0 Å². The van der Waals surface area contributed by atoms with E-state index in [1.54, 1.807) is 54.6 Å². The zero-order valence-corrected chi connectivity index (χ0v) is 17.9. The standard InChI is InChI=1S/C23H16ClNO5S/c1-15-6-12-19(13-7-15)31(27,28)30-21-5-3-2-4-17(21)14-20-23(26)29-22(25-20)16-8-10-18(24)11-9-16/h2-14H,1H3/b20-14+. The fourth-order valence-electron chi connectivity index (χ4n) is 2.82. The quantitative estimate of drug-likeness (QED) is 0.316. The lowest BCUT2D eigenvalue weighted by molar-refractivity contribution is -0.129. The molecule has 0 saturated heterocycles. The molecule has 1 aliphatic heterocycles. The van der Waals surface area contributed by atoms with Gasteiger partial charge in [-0.15, -0.1) is 0 Å². The van der Waals surface area contributed by atoms with Gasteiger partial charge in [0.2, 0.25) is 5.90 Å². The van der Waals surface area contributed by atoms with Gasteiger partial charge in [-0.05, 0) is 55.5 Å². The Balaban J connectivity index is 1.65. The van der Waals surface area contributed by atoms with Gasteiger partial charge in [0.15, 0.2) is 5.70 Å². The van der Waals surface area contributed by atoms with Crippen molar-refractivity contribution in [1.82, 2.24) is 0 Å². The van der Waals surface area contributed by atoms with Gasteiger partial charge in [-0.2, -0.15) is 8.42 Å². The van der Waals surface area contributed by atoms with Crippen molar-refractivity contribution < 1.29 is 22.1 Å². The molecule has 1 heterocycles. The molecule has 156 valence electrons. The van der Waals surface area contributed by atoms with Crippen molar-refractivity contribution in [2.24, 2.45) is 4.99 Å². The van der Waals surface area contributed by atoms with Crippen molar-refractivity contribution in [2.75, 3.05) is 0 Å². The Labute approximate surface area is 184 Å². The molecule has 1 aliphatic rings. The minimum Gasteiger partial charge on any atom is -0.402 e. The van der Waals surface area contributed by atoms with E-state index < -0.39 is 16.1 Å². The molecule has 6 nitrogen and oxygen atoms in total. The Morgan fingerprint density at radius 3 is 2.35 bits per heavy atom. The predicted molar refractivity (Wildman–Crippen MR) is 117 cm³/mol. The number of hydrogen-bond donors (Lipinski definition) is 0. The van der Waals surface area contributed by atoms with Crippen LogP contribution in [-0.2, 0) is 19.6 Å². The van der Waals surface area contributed by atoms with E-state index in [-0.39, 0.29) is 22.2 Å². The van der Waals surface area contributed by atoms with Crippen LogP contribution in [0.15, 0.2) is 88.4 Å². The number of benzene rings is 3. The highest BCUT2D eigenvalue weighted by atomic mass is 35.5. The number of carbonyl (C=O) groups excluding carboxylic acids is 1. The average Bonchev–Trinajstić information content (AvgIpc) is 3.10. The number of para-hydroxylation sites is 1. The molecule has 0 N–H and O–H groups in total. The molecule has 0 fully saturated rings. The van der Waals surface area contributed by atoms with Crippen molar-refractivity contribution in [2.45, 2.75) is 11.8 Å². The van der Waals surface area contributed by atoms with Gasteiger partial charge in [-0.1, -0.05) is 47.5 Å². The first kappa shape index (κ1) is 20.8. The van der Waals surface area contributed by atoms with E-state index in [1.807, 2.05) is 6.92 Å². The maximum atomic E-state index is 12.7. The van der Waals surface area contributed by atoms with Gasteiger partial charge < -0.3 is 8.92 Å². The van der Waals surface area contributed by atoms with E-state index in [1.165, 1.54) is 24.3 Å². The SMILES string of the molecule is Cc1ccc(S(=O)(=O)Oc2ccccc2/C=C2/N=C(c3ccc(Cl)cc3)OC2=O)cc1. The van der Waals surface area contributed by atoms with Gasteiger partial charge in [0.05, 0.1) is 0 Å². The van der Waals surface area contributed by atoms with E-state index in [4.69, 9.17) is 20.5 Å². The van der Waals surface area contributed by atoms with Crippen LogP contribution in [0.25, 0.3) is 6.08 Å². The van der Waals surface area contributed by atoms with E-state index in [0.29, 0.717) is 16.1 Å². The maximum Gasteiger partial charge on any atom is 0.363 e. The number of cyclic esters (lactones) is 1. The Kier molecular flexibility index (Phi) is 5.63. The van der Waals surface area contributed by atoms with Crippen LogP contribution in [0.2, 0.25) is 5.02 Å². The van der Waals surface area contributed by atoms with E-state index in [0.717, 1.165) is 5.56 Å². The van der Waals surface area contributed by atoms with Crippen molar-refractivity contribution in [3.05, 3.63) is 100 Å². The molecule has 31 heavy (non-hydrogen) atoms. The molecule has 0 saturated carbocycles. The molecule has 3 aromatic rings. The van der Waals surface area contributed by atoms with Crippen LogP contribution in [0.3, 0.4) is 0 Å². The zero-order valence-electron chi connectivity index (χ0n) is 16.3. The Bertz CT molecular complexity index is 1310. The predicted octanol–water partition coefficient (Wildman–Crippen LogP) is 4.76. The summed E-state index contributed by atoms with van der Waals surface area (Å²) in [5.74, 6) is -0.446. The van der Waals surface area contributed by atoms with Crippen molar-refractivity contribution in [3.63, 3.8) is 0 Å². The zero-order chi connectivity index (χ0) is 22.0. The number of rotatable bonds is 5. The van der Waals surface area contributed by atoms with Gasteiger partial charge in [0, 0.05) is 16.1 Å². The second-order valence-electron chi connectivity index (χ2n) is 6.73. The Morgan fingerprint density at radius 2 is 1.65 bits per heavy atom. The summed E-state index contributed by atoms with van der Waals surface area (Å²) >= 11 is 5.88. The largest absolute Gasteiger partial charge is 0.402 e. The highest BCUT2D eigenvalue weighted by molar-refractivity contribution is 7.87. The van der Waals surface area contributed by atoms with Crippen LogP contribution in [0.5, 0.6) is 5.75 Å². The monoisotopic (exact) mass is 453 g/mol. The first-order chi connectivity index (χ1) is 14.8. The highest BCUT2D eigenvalue weighted by Crippen LogP contribution is 2.27. The summed E-state index contributed by atoms with van der Waals surface area (Å²) in [6, 6.07) is 19.5. The lowest BCUT2D eigenvalue weighted by Gasteiger charge is -2.09. The van der Waals surface area contributed by atoms with Crippen molar-refractivity contribution >= 4 is 39.7 Å². The third-order valence-electron chi connectivity index (χ3n) is 4.43. The van der Waals surface area contributed by atoms with Gasteiger partial charge in [0.1, 0.15) is 10.6 Å². The number of esters is 1. The molecule has 8 heteroatoms. The summed E-state index contributed by atoms with van der Waals surface area (Å²) < 4.78 is 35.9. The number of aryl methyl sites for hydroxylation is 1. The van der Waals surface area contributed by atoms with Gasteiger partial charge in [-0.3, -0.25) is 0 Å². The highest BCUT2D eigenvalue weighted by Gasteiger charge is 2.25. The van der Waals surface area contributed by atoms with Crippen LogP contribution in [-0.4, -0.2) is 20.3 Å². The van der Waals surface area contributed by atoms with Crippen LogP contribution >= 0.6 is 11.6 Å². The molecule has 0 unspecified atom stereocenters. The molecule has 0 amide bonds. The second kappa shape index (κ2) is 8.37. The van der Waals surface area contributed by atoms with Crippen LogP contribution in [0.1, 0.15) is 16.7 Å². The summed E-state index contributed by atoms with van der Waals surface area (Å²) in [6.07, 6.45) is 1.42. The molecule has 0 atom stereocenters. The van der Waals surface area contributed by atoms with Gasteiger partial charge in [0.25, 0.3) is 0 Å². The van der Waals surface area contributed by atoms with Gasteiger partial charge >= 0.3 is 16.1 Å². The Hall–Kier alpha value is -3.42. The van der Waals surface area contributed by atoms with E-state index >= 15 is 0 Å². The first-order valence-corrected chi connectivity index (χ1v) is 11.0. The number of aliphatic imine (C=N–C) groups is 1. The number of carbonyl (C=O) groups is 1. The molecule has 0 aromatic heterocycles. The fourth-order valence-corrected chi connectivity index (χ4v) is 3.90. The lowest BCUT2D eigenvalue weighted by atomic mass is 10.1. The summed E-state index contributed by atoms with van der Waals surface area (Å²) in [4.78, 5) is 16.5. The minimum atomic E-state index is -4.05. The minimum absolute atomic E-state index is 0.0220. The second-order valence-corrected chi connectivity index (χ2v) is 8.71. The number of halogens is 1. The average molecular weight is 454 g/mol. The molecular weight excluding hydrogens is 438 g/mol. The molecule has 0 spiro atoms. The van der Waals surface area contributed by atoms with Gasteiger partial charge in [-0.25, -0.2) is 9.79 Å². The van der Waals surface area contributed by atoms with E-state index in [2.05, 4.69) is 4.99 Å². The molecule has 0 radical (unpaired) electrons. The van der Waals surface area contributed by atoms with Crippen LogP contribution < -0.4 is 4.18 Å². The maximum absolute atomic E-state index is 12.7. The van der Waals surface area contributed by atoms with Crippen LogP contribution in [0.4, 0.5) is 0 Å². The summed E-state index contributed by atoms with van der Waals surface area (Å²) in [6.45, 7) is 1.86. The van der Waals surface area contributed by atoms with E-state index in [9.17, 15) is 13.2 Å². The number of hydrogen-bond acceptors (Lipinski definition) is 6. The fraction of sp³-hybridized carbons (Fsp3) is 0.0435. The number of ether oxygens (including phenoxy) is 1. The summed E-state index contributed by atoms with van der Waals surface area (Å²) in [5, 5.41) is 0.547. The Morgan fingerprint density at radius 1 is 0.968 bits per heavy atom. The third kappa shape index (κ3) is 4.68. The first-order valence-electron chi connectivity index (χ1n) is 9.20.